The van der Waals surface area contributed by atoms with Gasteiger partial charge in [0.15, 0.2) is 0 Å². The zero-order valence-corrected chi connectivity index (χ0v) is 13.4. The first-order valence-electron chi connectivity index (χ1n) is 7.90. The number of rotatable bonds is 3. The Bertz CT molecular complexity index is 689. The van der Waals surface area contributed by atoms with Crippen molar-refractivity contribution in [2.24, 2.45) is 5.92 Å². The Labute approximate surface area is 135 Å². The Morgan fingerprint density at radius 3 is 2.52 bits per heavy atom. The Kier molecular flexibility index (Phi) is 4.32. The molecule has 1 aliphatic heterocycles. The van der Waals surface area contributed by atoms with Crippen LogP contribution in [0.5, 0.6) is 0 Å². The van der Waals surface area contributed by atoms with Gasteiger partial charge in [0.05, 0.1) is 5.69 Å². The van der Waals surface area contributed by atoms with Crippen LogP contribution in [-0.2, 0) is 4.79 Å². The molecule has 23 heavy (non-hydrogen) atoms. The molecule has 5 nitrogen and oxygen atoms in total. The molecule has 0 spiro atoms. The number of carbonyl (C=O) groups is 1. The number of amides is 1. The third kappa shape index (κ3) is 3.06. The smallest absolute Gasteiger partial charge is 0.225 e. The Morgan fingerprint density at radius 1 is 1.17 bits per heavy atom. The average molecular weight is 316 g/mol. The van der Waals surface area contributed by atoms with Gasteiger partial charge in [-0.25, -0.2) is 9.37 Å². The topological polar surface area (TPSA) is 41.4 Å². The lowest BCUT2D eigenvalue weighted by Gasteiger charge is -2.36. The first kappa shape index (κ1) is 15.5. The van der Waals surface area contributed by atoms with Gasteiger partial charge >= 0.3 is 0 Å². The van der Waals surface area contributed by atoms with Crippen molar-refractivity contribution in [2.45, 2.75) is 13.8 Å². The number of hydrogen-bond donors (Lipinski definition) is 0. The van der Waals surface area contributed by atoms with Gasteiger partial charge in [0.25, 0.3) is 0 Å². The van der Waals surface area contributed by atoms with Crippen LogP contribution in [0, 0.1) is 11.7 Å². The predicted molar refractivity (Wildman–Crippen MR) is 87.2 cm³/mol. The van der Waals surface area contributed by atoms with Gasteiger partial charge in [0.2, 0.25) is 11.9 Å². The molecule has 0 bridgehead atoms. The largest absolute Gasteiger partial charge is 0.339 e. The van der Waals surface area contributed by atoms with Gasteiger partial charge in [-0.05, 0) is 12.1 Å². The molecule has 1 aromatic heterocycles. The van der Waals surface area contributed by atoms with Crippen LogP contribution in [-0.4, -0.2) is 46.5 Å². The zero-order chi connectivity index (χ0) is 16.4. The van der Waals surface area contributed by atoms with E-state index >= 15 is 0 Å². The summed E-state index contributed by atoms with van der Waals surface area (Å²) < 4.78 is 15.8. The van der Waals surface area contributed by atoms with Crippen molar-refractivity contribution < 1.29 is 9.18 Å². The van der Waals surface area contributed by atoms with Crippen LogP contribution < -0.4 is 4.90 Å². The number of hydrogen-bond acceptors (Lipinski definition) is 3. The molecular weight excluding hydrogens is 295 g/mol. The van der Waals surface area contributed by atoms with Crippen molar-refractivity contribution in [1.29, 1.82) is 0 Å². The van der Waals surface area contributed by atoms with Crippen LogP contribution in [0.15, 0.2) is 36.7 Å². The van der Waals surface area contributed by atoms with Crippen molar-refractivity contribution >= 4 is 11.9 Å². The fourth-order valence-electron chi connectivity index (χ4n) is 2.86. The summed E-state index contributed by atoms with van der Waals surface area (Å²) in [5.74, 6) is 0.635. The van der Waals surface area contributed by atoms with E-state index in [1.54, 1.807) is 35.2 Å². The van der Waals surface area contributed by atoms with Crippen molar-refractivity contribution in [2.75, 3.05) is 31.1 Å². The maximum absolute atomic E-state index is 14.0. The van der Waals surface area contributed by atoms with E-state index in [0.717, 1.165) is 0 Å². The molecule has 6 heteroatoms. The number of aromatic nitrogens is 2. The van der Waals surface area contributed by atoms with Gasteiger partial charge in [0.1, 0.15) is 5.82 Å². The molecular formula is C17H21FN4O. The highest BCUT2D eigenvalue weighted by molar-refractivity contribution is 5.78. The third-order valence-electron chi connectivity index (χ3n) is 4.10. The molecule has 2 heterocycles. The number of para-hydroxylation sites is 1. The summed E-state index contributed by atoms with van der Waals surface area (Å²) >= 11 is 0. The molecule has 3 rings (SSSR count). The highest BCUT2D eigenvalue weighted by Gasteiger charge is 2.25. The average Bonchev–Trinajstić information content (AvgIpc) is 3.04. The number of carbonyl (C=O) groups excluding carboxylic acids is 1. The molecule has 1 saturated heterocycles. The van der Waals surface area contributed by atoms with E-state index in [1.165, 1.54) is 6.07 Å². The fraction of sp³-hybridized carbons (Fsp3) is 0.412. The number of imidazole rings is 1. The Hall–Kier alpha value is -2.37. The van der Waals surface area contributed by atoms with Gasteiger partial charge in [-0.2, -0.15) is 0 Å². The Morgan fingerprint density at radius 2 is 1.87 bits per heavy atom. The summed E-state index contributed by atoms with van der Waals surface area (Å²) in [7, 11) is 0. The van der Waals surface area contributed by atoms with E-state index in [2.05, 4.69) is 9.88 Å². The van der Waals surface area contributed by atoms with Gasteiger partial charge in [-0.3, -0.25) is 9.36 Å². The monoisotopic (exact) mass is 316 g/mol. The second-order valence-corrected chi connectivity index (χ2v) is 6.02. The highest BCUT2D eigenvalue weighted by Crippen LogP contribution is 2.22. The summed E-state index contributed by atoms with van der Waals surface area (Å²) in [6, 6.07) is 6.66. The molecule has 1 amide bonds. The van der Waals surface area contributed by atoms with Gasteiger partial charge in [0, 0.05) is 44.5 Å². The number of nitrogens with zero attached hydrogens (tertiary/aromatic N) is 4. The second kappa shape index (κ2) is 6.40. The van der Waals surface area contributed by atoms with Gasteiger partial charge in [-0.1, -0.05) is 26.0 Å². The summed E-state index contributed by atoms with van der Waals surface area (Å²) in [6.07, 6.45) is 3.44. The summed E-state index contributed by atoms with van der Waals surface area (Å²) in [5.41, 5.74) is 0.487. The highest BCUT2D eigenvalue weighted by atomic mass is 19.1. The van der Waals surface area contributed by atoms with E-state index in [-0.39, 0.29) is 17.6 Å². The SMILES string of the molecule is CC(C)C(=O)N1CCN(c2nccn2-c2ccccc2F)CC1. The first-order valence-corrected chi connectivity index (χ1v) is 7.90. The quantitative estimate of drug-likeness (QED) is 0.872. The van der Waals surface area contributed by atoms with Crippen LogP contribution in [0.3, 0.4) is 0 Å². The molecule has 0 saturated carbocycles. The van der Waals surface area contributed by atoms with E-state index in [9.17, 15) is 9.18 Å². The minimum atomic E-state index is -0.277. The molecule has 0 radical (unpaired) electrons. The van der Waals surface area contributed by atoms with Crippen LogP contribution >= 0.6 is 0 Å². The van der Waals surface area contributed by atoms with Gasteiger partial charge in [-0.15, -0.1) is 0 Å². The van der Waals surface area contributed by atoms with E-state index in [0.29, 0.717) is 37.8 Å². The lowest BCUT2D eigenvalue weighted by Crippen LogP contribution is -2.50. The molecule has 1 aromatic carbocycles. The molecule has 1 aliphatic rings. The summed E-state index contributed by atoms with van der Waals surface area (Å²) in [6.45, 7) is 6.56. The Balaban J connectivity index is 1.77. The first-order chi connectivity index (χ1) is 11.1. The number of anilines is 1. The maximum atomic E-state index is 14.0. The summed E-state index contributed by atoms with van der Waals surface area (Å²) in [4.78, 5) is 20.4. The number of halogens is 1. The number of benzene rings is 1. The van der Waals surface area contributed by atoms with Crippen LogP contribution in [0.4, 0.5) is 10.3 Å². The molecule has 0 unspecified atom stereocenters. The predicted octanol–water partition coefficient (Wildman–Crippen LogP) is 2.32. The molecule has 0 atom stereocenters. The maximum Gasteiger partial charge on any atom is 0.225 e. The lowest BCUT2D eigenvalue weighted by atomic mass is 10.1. The van der Waals surface area contributed by atoms with Crippen molar-refractivity contribution in [3.63, 3.8) is 0 Å². The van der Waals surface area contributed by atoms with Crippen molar-refractivity contribution in [1.82, 2.24) is 14.5 Å². The standard InChI is InChI=1S/C17H21FN4O/c1-13(2)16(23)20-9-11-21(12-10-20)17-19-7-8-22(17)15-6-4-3-5-14(15)18/h3-8,13H,9-12H2,1-2H3. The van der Waals surface area contributed by atoms with E-state index in [1.807, 2.05) is 18.7 Å². The van der Waals surface area contributed by atoms with E-state index < -0.39 is 0 Å². The molecule has 0 aliphatic carbocycles. The lowest BCUT2D eigenvalue weighted by molar-refractivity contribution is -0.134. The fourth-order valence-corrected chi connectivity index (χ4v) is 2.86. The minimum absolute atomic E-state index is 0.0157. The molecule has 1 fully saturated rings. The van der Waals surface area contributed by atoms with E-state index in [4.69, 9.17) is 0 Å². The minimum Gasteiger partial charge on any atom is -0.339 e. The van der Waals surface area contributed by atoms with Crippen LogP contribution in [0.1, 0.15) is 13.8 Å². The molecule has 0 N–H and O–H groups in total. The molecule has 122 valence electrons. The number of piperazine rings is 1. The van der Waals surface area contributed by atoms with Crippen LogP contribution in [0.25, 0.3) is 5.69 Å². The normalized spacial score (nSPS) is 15.3. The third-order valence-corrected chi connectivity index (χ3v) is 4.10. The molecule has 2 aromatic rings. The summed E-state index contributed by atoms with van der Waals surface area (Å²) in [5, 5.41) is 0. The second-order valence-electron chi connectivity index (χ2n) is 6.02. The van der Waals surface area contributed by atoms with Crippen LogP contribution in [0.2, 0.25) is 0 Å². The van der Waals surface area contributed by atoms with Gasteiger partial charge < -0.3 is 9.80 Å². The van der Waals surface area contributed by atoms with Crippen molar-refractivity contribution in [3.8, 4) is 5.69 Å². The zero-order valence-electron chi connectivity index (χ0n) is 13.4. The van der Waals surface area contributed by atoms with Crippen molar-refractivity contribution in [3.05, 3.63) is 42.5 Å².